The van der Waals surface area contributed by atoms with Crippen LogP contribution >= 0.6 is 0 Å². The molecule has 3 amide bonds. The number of likely N-dealkylation sites (N-methyl/N-ethyl adjacent to an activating group) is 1. The zero-order valence-corrected chi connectivity index (χ0v) is 9.32. The van der Waals surface area contributed by atoms with Gasteiger partial charge in [-0.15, -0.1) is 0 Å². The molecule has 2 heterocycles. The lowest BCUT2D eigenvalue weighted by Gasteiger charge is -2.28. The molecule has 6 heteroatoms. The van der Waals surface area contributed by atoms with Gasteiger partial charge in [0.2, 0.25) is 5.91 Å². The maximum absolute atomic E-state index is 11.6. The van der Waals surface area contributed by atoms with Gasteiger partial charge in [-0.1, -0.05) is 0 Å². The number of ether oxygens (including phenoxy) is 1. The van der Waals surface area contributed by atoms with Gasteiger partial charge in [0.15, 0.2) is 0 Å². The number of hydrogen-bond donors (Lipinski definition) is 2. The van der Waals surface area contributed by atoms with Crippen LogP contribution in [0.2, 0.25) is 0 Å². The number of fused-ring (bicyclic) bond motifs is 2. The van der Waals surface area contributed by atoms with Crippen LogP contribution in [0, 0.1) is 0 Å². The lowest BCUT2D eigenvalue weighted by molar-refractivity contribution is -0.117. The number of rotatable bonds is 3. The van der Waals surface area contributed by atoms with E-state index in [1.807, 2.05) is 0 Å². The SMILES string of the molecule is CNC(=O)C1=CC(COC)N2CC1NC2=O. The normalized spacial score (nSPS) is 27.5. The Labute approximate surface area is 93.6 Å². The predicted molar refractivity (Wildman–Crippen MR) is 56.8 cm³/mol. The first-order chi connectivity index (χ1) is 7.67. The highest BCUT2D eigenvalue weighted by atomic mass is 16.5. The average molecular weight is 225 g/mol. The molecule has 2 aliphatic heterocycles. The van der Waals surface area contributed by atoms with E-state index in [-0.39, 0.29) is 24.0 Å². The Bertz CT molecular complexity index is 353. The first-order valence-electron chi connectivity index (χ1n) is 5.17. The first kappa shape index (κ1) is 10.9. The minimum absolute atomic E-state index is 0.137. The van der Waals surface area contributed by atoms with Crippen LogP contribution in [0.4, 0.5) is 4.79 Å². The Hall–Kier alpha value is -1.56. The summed E-state index contributed by atoms with van der Waals surface area (Å²) in [6.07, 6.45) is 1.80. The van der Waals surface area contributed by atoms with E-state index in [0.717, 1.165) is 0 Å². The Morgan fingerprint density at radius 1 is 1.75 bits per heavy atom. The molecule has 2 atom stereocenters. The van der Waals surface area contributed by atoms with Gasteiger partial charge in [0, 0.05) is 26.3 Å². The Balaban J connectivity index is 2.25. The van der Waals surface area contributed by atoms with Crippen molar-refractivity contribution in [2.45, 2.75) is 12.1 Å². The second kappa shape index (κ2) is 4.13. The lowest BCUT2D eigenvalue weighted by Crippen LogP contribution is -2.43. The Morgan fingerprint density at radius 2 is 2.50 bits per heavy atom. The number of methoxy groups -OCH3 is 1. The summed E-state index contributed by atoms with van der Waals surface area (Å²) >= 11 is 0. The van der Waals surface area contributed by atoms with Gasteiger partial charge in [-0.05, 0) is 6.08 Å². The molecular weight excluding hydrogens is 210 g/mol. The van der Waals surface area contributed by atoms with E-state index >= 15 is 0 Å². The molecule has 1 fully saturated rings. The van der Waals surface area contributed by atoms with Crippen LogP contribution in [0.15, 0.2) is 11.6 Å². The van der Waals surface area contributed by atoms with Crippen LogP contribution in [0.5, 0.6) is 0 Å². The number of nitrogens with zero attached hydrogens (tertiary/aromatic N) is 1. The largest absolute Gasteiger partial charge is 0.382 e. The van der Waals surface area contributed by atoms with E-state index < -0.39 is 0 Å². The van der Waals surface area contributed by atoms with Gasteiger partial charge in [0.1, 0.15) is 0 Å². The van der Waals surface area contributed by atoms with Crippen molar-refractivity contribution < 1.29 is 14.3 Å². The average Bonchev–Trinajstić information content (AvgIpc) is 2.60. The highest BCUT2D eigenvalue weighted by Gasteiger charge is 2.41. The molecular formula is C10H15N3O3. The minimum atomic E-state index is -0.194. The van der Waals surface area contributed by atoms with Crippen LogP contribution < -0.4 is 10.6 Å². The second-order valence-electron chi connectivity index (χ2n) is 3.88. The second-order valence-corrected chi connectivity index (χ2v) is 3.88. The fraction of sp³-hybridized carbons (Fsp3) is 0.600. The number of carbonyl (C=O) groups excluding carboxylic acids is 2. The molecule has 0 spiro atoms. The molecule has 2 unspecified atom stereocenters. The number of nitrogens with one attached hydrogen (secondary N) is 2. The maximum Gasteiger partial charge on any atom is 0.318 e. The summed E-state index contributed by atoms with van der Waals surface area (Å²) in [5.74, 6) is -0.145. The van der Waals surface area contributed by atoms with Crippen molar-refractivity contribution in [3.05, 3.63) is 11.6 Å². The zero-order valence-electron chi connectivity index (χ0n) is 9.32. The van der Waals surface area contributed by atoms with E-state index in [1.54, 1.807) is 25.1 Å². The molecule has 2 N–H and O–H groups in total. The molecule has 0 aliphatic carbocycles. The molecule has 6 nitrogen and oxygen atoms in total. The quantitative estimate of drug-likeness (QED) is 0.652. The summed E-state index contributed by atoms with van der Waals surface area (Å²) in [6, 6.07) is -0.487. The fourth-order valence-corrected chi connectivity index (χ4v) is 2.12. The number of amides is 3. The van der Waals surface area contributed by atoms with Crippen molar-refractivity contribution in [3.63, 3.8) is 0 Å². The van der Waals surface area contributed by atoms with E-state index in [0.29, 0.717) is 18.7 Å². The van der Waals surface area contributed by atoms with Gasteiger partial charge in [-0.25, -0.2) is 4.79 Å². The van der Waals surface area contributed by atoms with Gasteiger partial charge in [0.25, 0.3) is 0 Å². The van der Waals surface area contributed by atoms with Crippen molar-refractivity contribution in [3.8, 4) is 0 Å². The summed E-state index contributed by atoms with van der Waals surface area (Å²) < 4.78 is 5.04. The summed E-state index contributed by atoms with van der Waals surface area (Å²) in [5.41, 5.74) is 0.617. The summed E-state index contributed by atoms with van der Waals surface area (Å²) in [7, 11) is 3.16. The van der Waals surface area contributed by atoms with E-state index in [1.165, 1.54) is 0 Å². The Kier molecular flexibility index (Phi) is 2.82. The maximum atomic E-state index is 11.6. The molecule has 0 radical (unpaired) electrons. The summed E-state index contributed by atoms with van der Waals surface area (Å²) in [6.45, 7) is 0.937. The predicted octanol–water partition coefficient (Wildman–Crippen LogP) is -0.919. The minimum Gasteiger partial charge on any atom is -0.382 e. The number of hydrogen-bond acceptors (Lipinski definition) is 3. The third-order valence-corrected chi connectivity index (χ3v) is 2.91. The highest BCUT2D eigenvalue weighted by molar-refractivity contribution is 5.97. The molecule has 0 aromatic heterocycles. The molecule has 0 saturated carbocycles. The van der Waals surface area contributed by atoms with Crippen LogP contribution in [0.25, 0.3) is 0 Å². The summed E-state index contributed by atoms with van der Waals surface area (Å²) in [5, 5.41) is 5.35. The van der Waals surface area contributed by atoms with E-state index in [2.05, 4.69) is 10.6 Å². The molecule has 16 heavy (non-hydrogen) atoms. The van der Waals surface area contributed by atoms with Gasteiger partial charge in [0.05, 0.1) is 18.7 Å². The molecule has 0 aromatic rings. The zero-order chi connectivity index (χ0) is 11.7. The van der Waals surface area contributed by atoms with Gasteiger partial charge in [-0.3, -0.25) is 4.79 Å². The number of carbonyl (C=O) groups is 2. The third kappa shape index (κ3) is 1.65. The van der Waals surface area contributed by atoms with Gasteiger partial charge >= 0.3 is 6.03 Å². The Morgan fingerprint density at radius 3 is 3.12 bits per heavy atom. The van der Waals surface area contributed by atoms with Crippen molar-refractivity contribution in [2.24, 2.45) is 0 Å². The number of urea groups is 1. The van der Waals surface area contributed by atoms with E-state index in [9.17, 15) is 9.59 Å². The van der Waals surface area contributed by atoms with Crippen molar-refractivity contribution >= 4 is 11.9 Å². The highest BCUT2D eigenvalue weighted by Crippen LogP contribution is 2.22. The summed E-state index contributed by atoms with van der Waals surface area (Å²) in [4.78, 5) is 24.9. The molecule has 2 bridgehead atoms. The lowest BCUT2D eigenvalue weighted by atomic mass is 10.00. The topological polar surface area (TPSA) is 70.7 Å². The van der Waals surface area contributed by atoms with Crippen LogP contribution in [0.3, 0.4) is 0 Å². The molecule has 88 valence electrons. The van der Waals surface area contributed by atoms with Crippen LogP contribution in [0.1, 0.15) is 0 Å². The molecule has 1 saturated heterocycles. The third-order valence-electron chi connectivity index (χ3n) is 2.91. The van der Waals surface area contributed by atoms with Crippen LogP contribution in [-0.4, -0.2) is 56.2 Å². The molecule has 2 rings (SSSR count). The van der Waals surface area contributed by atoms with Gasteiger partial charge < -0.3 is 20.3 Å². The monoisotopic (exact) mass is 225 g/mol. The molecule has 0 aromatic carbocycles. The van der Waals surface area contributed by atoms with Crippen molar-refractivity contribution in [1.82, 2.24) is 15.5 Å². The fourth-order valence-electron chi connectivity index (χ4n) is 2.12. The van der Waals surface area contributed by atoms with Crippen molar-refractivity contribution in [2.75, 3.05) is 27.3 Å². The van der Waals surface area contributed by atoms with Crippen molar-refractivity contribution in [1.29, 1.82) is 0 Å². The first-order valence-corrected chi connectivity index (χ1v) is 5.17. The standard InChI is InChI=1S/C10H15N3O3/c1-11-9(14)7-3-6(5-16-2)13-4-8(7)12-10(13)15/h3,6,8H,4-5H2,1-2H3,(H,11,14)(H,12,15). The van der Waals surface area contributed by atoms with Gasteiger partial charge in [-0.2, -0.15) is 0 Å². The smallest absolute Gasteiger partial charge is 0.318 e. The van der Waals surface area contributed by atoms with Crippen LogP contribution in [-0.2, 0) is 9.53 Å². The molecule has 2 aliphatic rings. The van der Waals surface area contributed by atoms with E-state index in [4.69, 9.17) is 4.74 Å².